The van der Waals surface area contributed by atoms with Crippen molar-refractivity contribution < 1.29 is 9.53 Å². The molecule has 0 aromatic heterocycles. The fourth-order valence-corrected chi connectivity index (χ4v) is 2.03. The second kappa shape index (κ2) is 6.02. The Hall–Kier alpha value is -0.570. The predicted octanol–water partition coefficient (Wildman–Crippen LogP) is 1.72. The monoisotopic (exact) mass is 199 g/mol. The lowest BCUT2D eigenvalue weighted by Gasteiger charge is -2.18. The standard InChI is InChI=1S/C11H21NO2/c1-9(11(13)14-2)8-10-6-4-3-5-7-12-10/h9-10,12H,3-8H2,1-2H3. The van der Waals surface area contributed by atoms with Crippen LogP contribution in [0.1, 0.15) is 39.0 Å². The zero-order valence-corrected chi connectivity index (χ0v) is 9.21. The van der Waals surface area contributed by atoms with Gasteiger partial charge in [-0.2, -0.15) is 0 Å². The van der Waals surface area contributed by atoms with E-state index in [0.29, 0.717) is 6.04 Å². The molecule has 3 heteroatoms. The van der Waals surface area contributed by atoms with Crippen LogP contribution in [0.15, 0.2) is 0 Å². The van der Waals surface area contributed by atoms with Crippen molar-refractivity contribution in [3.63, 3.8) is 0 Å². The smallest absolute Gasteiger partial charge is 0.308 e. The summed E-state index contributed by atoms with van der Waals surface area (Å²) in [5, 5.41) is 3.48. The number of nitrogens with one attached hydrogen (secondary N) is 1. The molecule has 1 N–H and O–H groups in total. The zero-order valence-electron chi connectivity index (χ0n) is 9.21. The van der Waals surface area contributed by atoms with Crippen molar-refractivity contribution in [1.82, 2.24) is 5.32 Å². The van der Waals surface area contributed by atoms with E-state index in [-0.39, 0.29) is 11.9 Å². The van der Waals surface area contributed by atoms with E-state index in [1.807, 2.05) is 6.92 Å². The highest BCUT2D eigenvalue weighted by atomic mass is 16.5. The molecule has 2 atom stereocenters. The average Bonchev–Trinajstić information content (AvgIpc) is 2.45. The molecule has 2 unspecified atom stereocenters. The number of carbonyl (C=O) groups is 1. The number of carbonyl (C=O) groups excluding carboxylic acids is 1. The van der Waals surface area contributed by atoms with Crippen molar-refractivity contribution in [2.45, 2.75) is 45.1 Å². The van der Waals surface area contributed by atoms with E-state index in [0.717, 1.165) is 13.0 Å². The van der Waals surface area contributed by atoms with E-state index in [1.165, 1.54) is 32.8 Å². The number of hydrogen-bond donors (Lipinski definition) is 1. The third-order valence-electron chi connectivity index (χ3n) is 2.90. The van der Waals surface area contributed by atoms with Gasteiger partial charge in [0.05, 0.1) is 13.0 Å². The van der Waals surface area contributed by atoms with Gasteiger partial charge in [0.15, 0.2) is 0 Å². The lowest BCUT2D eigenvalue weighted by Crippen LogP contribution is -2.31. The molecule has 14 heavy (non-hydrogen) atoms. The van der Waals surface area contributed by atoms with Crippen LogP contribution in [0.3, 0.4) is 0 Å². The van der Waals surface area contributed by atoms with Crippen molar-refractivity contribution in [3.8, 4) is 0 Å². The van der Waals surface area contributed by atoms with Crippen LogP contribution in [0.25, 0.3) is 0 Å². The van der Waals surface area contributed by atoms with Crippen LogP contribution < -0.4 is 5.32 Å². The summed E-state index contributed by atoms with van der Waals surface area (Å²) in [7, 11) is 1.46. The first-order chi connectivity index (χ1) is 6.74. The first-order valence-electron chi connectivity index (χ1n) is 5.55. The van der Waals surface area contributed by atoms with Crippen molar-refractivity contribution in [2.75, 3.05) is 13.7 Å². The molecule has 82 valence electrons. The quantitative estimate of drug-likeness (QED) is 0.703. The normalized spacial score (nSPS) is 25.1. The Labute approximate surface area is 86.2 Å². The summed E-state index contributed by atoms with van der Waals surface area (Å²) in [5.41, 5.74) is 0. The minimum Gasteiger partial charge on any atom is -0.469 e. The SMILES string of the molecule is COC(=O)C(C)CC1CCCCCN1. The highest BCUT2D eigenvalue weighted by Gasteiger charge is 2.19. The molecule has 0 bridgehead atoms. The Balaban J connectivity index is 2.30. The van der Waals surface area contributed by atoms with E-state index >= 15 is 0 Å². The second-order valence-corrected chi connectivity index (χ2v) is 4.16. The molecule has 1 aliphatic rings. The van der Waals surface area contributed by atoms with Gasteiger partial charge in [-0.15, -0.1) is 0 Å². The van der Waals surface area contributed by atoms with Crippen LogP contribution in [-0.4, -0.2) is 25.7 Å². The molecule has 1 heterocycles. The maximum Gasteiger partial charge on any atom is 0.308 e. The summed E-state index contributed by atoms with van der Waals surface area (Å²) in [4.78, 5) is 11.2. The summed E-state index contributed by atoms with van der Waals surface area (Å²) >= 11 is 0. The van der Waals surface area contributed by atoms with Crippen LogP contribution in [0.5, 0.6) is 0 Å². The topological polar surface area (TPSA) is 38.3 Å². The summed E-state index contributed by atoms with van der Waals surface area (Å²) in [6.07, 6.45) is 5.97. The van der Waals surface area contributed by atoms with Crippen LogP contribution in [0.2, 0.25) is 0 Å². The second-order valence-electron chi connectivity index (χ2n) is 4.16. The average molecular weight is 199 g/mol. The molecule has 1 fully saturated rings. The molecule has 0 amide bonds. The minimum absolute atomic E-state index is 0.0237. The number of rotatable bonds is 3. The highest BCUT2D eigenvalue weighted by Crippen LogP contribution is 2.16. The van der Waals surface area contributed by atoms with Gasteiger partial charge in [-0.3, -0.25) is 4.79 Å². The number of ether oxygens (including phenoxy) is 1. The van der Waals surface area contributed by atoms with Crippen molar-refractivity contribution >= 4 is 5.97 Å². The molecule has 1 rings (SSSR count). The lowest BCUT2D eigenvalue weighted by atomic mass is 9.98. The van der Waals surface area contributed by atoms with Gasteiger partial charge in [-0.1, -0.05) is 19.8 Å². The van der Waals surface area contributed by atoms with Crippen LogP contribution in [0.4, 0.5) is 0 Å². The Bertz CT molecular complexity index is 174. The maximum absolute atomic E-state index is 11.2. The van der Waals surface area contributed by atoms with Gasteiger partial charge >= 0.3 is 5.97 Å². The molecule has 1 aliphatic heterocycles. The third-order valence-corrected chi connectivity index (χ3v) is 2.90. The fourth-order valence-electron chi connectivity index (χ4n) is 2.03. The van der Waals surface area contributed by atoms with Gasteiger partial charge in [-0.25, -0.2) is 0 Å². The predicted molar refractivity (Wildman–Crippen MR) is 56.1 cm³/mol. The molecule has 0 aromatic rings. The number of esters is 1. The van der Waals surface area contributed by atoms with Crippen molar-refractivity contribution in [2.24, 2.45) is 5.92 Å². The van der Waals surface area contributed by atoms with Crippen LogP contribution in [-0.2, 0) is 9.53 Å². The molecule has 0 saturated carbocycles. The van der Waals surface area contributed by atoms with Gasteiger partial charge < -0.3 is 10.1 Å². The Morgan fingerprint density at radius 3 is 3.00 bits per heavy atom. The highest BCUT2D eigenvalue weighted by molar-refractivity contribution is 5.71. The van der Waals surface area contributed by atoms with Crippen LogP contribution >= 0.6 is 0 Å². The molecule has 0 spiro atoms. The lowest BCUT2D eigenvalue weighted by molar-refractivity contribution is -0.145. The minimum atomic E-state index is -0.0870. The largest absolute Gasteiger partial charge is 0.469 e. The van der Waals surface area contributed by atoms with Gasteiger partial charge in [-0.05, 0) is 25.8 Å². The van der Waals surface area contributed by atoms with E-state index in [9.17, 15) is 4.79 Å². The summed E-state index contributed by atoms with van der Waals surface area (Å²) < 4.78 is 4.72. The van der Waals surface area contributed by atoms with Crippen molar-refractivity contribution in [3.05, 3.63) is 0 Å². The first kappa shape index (κ1) is 11.5. The van der Waals surface area contributed by atoms with E-state index in [4.69, 9.17) is 4.74 Å². The maximum atomic E-state index is 11.2. The Morgan fingerprint density at radius 2 is 2.29 bits per heavy atom. The van der Waals surface area contributed by atoms with E-state index < -0.39 is 0 Å². The van der Waals surface area contributed by atoms with E-state index in [2.05, 4.69) is 5.32 Å². The molecular weight excluding hydrogens is 178 g/mol. The van der Waals surface area contributed by atoms with Gasteiger partial charge in [0, 0.05) is 6.04 Å². The van der Waals surface area contributed by atoms with Gasteiger partial charge in [0.2, 0.25) is 0 Å². The molecular formula is C11H21NO2. The molecule has 0 aliphatic carbocycles. The summed E-state index contributed by atoms with van der Waals surface area (Å²) in [5.74, 6) is -0.0633. The third kappa shape index (κ3) is 3.66. The summed E-state index contributed by atoms with van der Waals surface area (Å²) in [6, 6.07) is 0.506. The molecule has 3 nitrogen and oxygen atoms in total. The fraction of sp³-hybridized carbons (Fsp3) is 0.909. The molecule has 1 saturated heterocycles. The molecule has 0 aromatic carbocycles. The zero-order chi connectivity index (χ0) is 10.4. The van der Waals surface area contributed by atoms with Crippen molar-refractivity contribution in [1.29, 1.82) is 0 Å². The van der Waals surface area contributed by atoms with Gasteiger partial charge in [0.1, 0.15) is 0 Å². The van der Waals surface area contributed by atoms with E-state index in [1.54, 1.807) is 0 Å². The Morgan fingerprint density at radius 1 is 1.50 bits per heavy atom. The first-order valence-corrected chi connectivity index (χ1v) is 5.55. The Kier molecular flexibility index (Phi) is 4.94. The molecule has 0 radical (unpaired) electrons. The number of hydrogen-bond acceptors (Lipinski definition) is 3. The van der Waals surface area contributed by atoms with Gasteiger partial charge in [0.25, 0.3) is 0 Å². The summed E-state index contributed by atoms with van der Waals surface area (Å²) in [6.45, 7) is 3.04. The van der Waals surface area contributed by atoms with Crippen LogP contribution in [0, 0.1) is 5.92 Å². The number of methoxy groups -OCH3 is 1.